The molecule has 0 spiro atoms. The Morgan fingerprint density at radius 2 is 1.68 bits per heavy atom. The zero-order valence-electron chi connectivity index (χ0n) is 11.9. The molecule has 1 saturated heterocycles. The number of piperidine rings is 1. The minimum absolute atomic E-state index is 0.167. The van der Waals surface area contributed by atoms with Crippen molar-refractivity contribution >= 4 is 17.3 Å². The van der Waals surface area contributed by atoms with E-state index in [1.807, 2.05) is 0 Å². The molecule has 0 saturated carbocycles. The van der Waals surface area contributed by atoms with E-state index in [9.17, 15) is 4.79 Å². The Hall–Kier alpha value is -1.63. The van der Waals surface area contributed by atoms with E-state index in [-0.39, 0.29) is 17.7 Å². The maximum Gasteiger partial charge on any atom is 0.277 e. The summed E-state index contributed by atoms with van der Waals surface area (Å²) in [6.07, 6.45) is 1.87. The molecule has 1 rings (SSSR count). The highest BCUT2D eigenvalue weighted by Crippen LogP contribution is 2.13. The average Bonchev–Trinajstić information content (AvgIpc) is 2.44. The van der Waals surface area contributed by atoms with Crippen LogP contribution >= 0.6 is 0 Å². The summed E-state index contributed by atoms with van der Waals surface area (Å²) in [6, 6.07) is 0. The highest BCUT2D eigenvalue weighted by atomic mass is 16.6. The largest absolute Gasteiger partial charge is 0.399 e. The molecule has 1 aliphatic heterocycles. The Bertz CT molecular complexity index is 360. The van der Waals surface area contributed by atoms with Crippen molar-refractivity contribution in [2.24, 2.45) is 10.3 Å². The third kappa shape index (κ3) is 4.20. The molecule has 1 amide bonds. The quantitative estimate of drug-likeness (QED) is 0.543. The van der Waals surface area contributed by atoms with Gasteiger partial charge in [-0.25, -0.2) is 0 Å². The van der Waals surface area contributed by atoms with Crippen molar-refractivity contribution in [1.82, 2.24) is 4.90 Å². The number of ether oxygens (including phenoxy) is 1. The van der Waals surface area contributed by atoms with E-state index >= 15 is 0 Å². The van der Waals surface area contributed by atoms with Crippen molar-refractivity contribution in [3.63, 3.8) is 0 Å². The molecule has 0 aromatic rings. The number of hydrogen-bond acceptors (Lipinski definition) is 6. The lowest BCUT2D eigenvalue weighted by molar-refractivity contribution is -0.126. The molecule has 7 heteroatoms. The fourth-order valence-corrected chi connectivity index (χ4v) is 1.98. The van der Waals surface area contributed by atoms with Gasteiger partial charge in [-0.1, -0.05) is 10.3 Å². The Labute approximate surface area is 113 Å². The lowest BCUT2D eigenvalue weighted by Crippen LogP contribution is -2.45. The van der Waals surface area contributed by atoms with E-state index in [1.54, 1.807) is 18.9 Å². The molecule has 0 aromatic carbocycles. The van der Waals surface area contributed by atoms with Crippen LogP contribution in [-0.4, -0.2) is 62.8 Å². The third-order valence-electron chi connectivity index (χ3n) is 3.02. The van der Waals surface area contributed by atoms with Gasteiger partial charge in [-0.3, -0.25) is 4.79 Å². The number of rotatable bonds is 5. The molecule has 0 atom stereocenters. The summed E-state index contributed by atoms with van der Waals surface area (Å²) in [7, 11) is 4.50. The summed E-state index contributed by atoms with van der Waals surface area (Å²) in [5.74, 6) is -0.199. The van der Waals surface area contributed by atoms with Crippen molar-refractivity contribution in [3.8, 4) is 0 Å². The first-order chi connectivity index (χ1) is 9.13. The highest BCUT2D eigenvalue weighted by molar-refractivity contribution is 6.66. The van der Waals surface area contributed by atoms with Crippen LogP contribution in [0.3, 0.4) is 0 Å². The Morgan fingerprint density at radius 1 is 1.11 bits per heavy atom. The summed E-state index contributed by atoms with van der Waals surface area (Å²) in [5.41, 5.74) is 0.559. The van der Waals surface area contributed by atoms with Crippen LogP contribution in [0.5, 0.6) is 0 Å². The molecule has 0 N–H and O–H groups in total. The maximum absolute atomic E-state index is 12.3. The Kier molecular flexibility index (Phi) is 6.27. The number of hydrogen-bond donors (Lipinski definition) is 0. The molecular formula is C12H21N3O4. The van der Waals surface area contributed by atoms with E-state index in [2.05, 4.69) is 15.1 Å². The van der Waals surface area contributed by atoms with Crippen molar-refractivity contribution in [2.45, 2.75) is 25.9 Å². The molecule has 108 valence electrons. The van der Waals surface area contributed by atoms with Crippen LogP contribution in [0.25, 0.3) is 0 Å². The van der Waals surface area contributed by atoms with Crippen LogP contribution in [0, 0.1) is 0 Å². The molecule has 0 radical (unpaired) electrons. The summed E-state index contributed by atoms with van der Waals surface area (Å²) < 4.78 is 5.28. The van der Waals surface area contributed by atoms with Gasteiger partial charge in [0.05, 0.1) is 6.10 Å². The van der Waals surface area contributed by atoms with Crippen molar-refractivity contribution in [2.75, 3.05) is 34.4 Å². The zero-order chi connectivity index (χ0) is 14.3. The van der Waals surface area contributed by atoms with Crippen molar-refractivity contribution in [1.29, 1.82) is 0 Å². The van der Waals surface area contributed by atoms with Crippen molar-refractivity contribution < 1.29 is 19.2 Å². The van der Waals surface area contributed by atoms with Gasteiger partial charge in [-0.05, 0) is 19.8 Å². The molecule has 0 aliphatic carbocycles. The van der Waals surface area contributed by atoms with E-state index < -0.39 is 0 Å². The predicted molar refractivity (Wildman–Crippen MR) is 71.2 cm³/mol. The first-order valence-electron chi connectivity index (χ1n) is 6.15. The zero-order valence-corrected chi connectivity index (χ0v) is 11.9. The van der Waals surface area contributed by atoms with Gasteiger partial charge in [0.2, 0.25) is 0 Å². The van der Waals surface area contributed by atoms with Gasteiger partial charge in [0, 0.05) is 20.2 Å². The highest BCUT2D eigenvalue weighted by Gasteiger charge is 2.27. The SMILES string of the molecule is CON=C(C)C(=NOC)C(=O)N1CCC(OC)CC1. The van der Waals surface area contributed by atoms with E-state index in [1.165, 1.54) is 14.2 Å². The minimum Gasteiger partial charge on any atom is -0.399 e. The van der Waals surface area contributed by atoms with Crippen LogP contribution in [0.2, 0.25) is 0 Å². The number of oxime groups is 2. The molecule has 1 heterocycles. The summed E-state index contributed by atoms with van der Waals surface area (Å²) in [4.78, 5) is 23.4. The lowest BCUT2D eigenvalue weighted by Gasteiger charge is -2.31. The van der Waals surface area contributed by atoms with E-state index in [0.29, 0.717) is 18.8 Å². The Balaban J connectivity index is 2.74. The second-order valence-corrected chi connectivity index (χ2v) is 4.21. The van der Waals surface area contributed by atoms with Gasteiger partial charge in [-0.2, -0.15) is 0 Å². The fraction of sp³-hybridized carbons (Fsp3) is 0.750. The van der Waals surface area contributed by atoms with E-state index in [4.69, 9.17) is 9.57 Å². The Morgan fingerprint density at radius 3 is 2.16 bits per heavy atom. The first kappa shape index (κ1) is 15.4. The number of carbonyl (C=O) groups excluding carboxylic acids is 1. The molecular weight excluding hydrogens is 250 g/mol. The summed E-state index contributed by atoms with van der Waals surface area (Å²) in [6.45, 7) is 2.93. The maximum atomic E-state index is 12.3. The van der Waals surface area contributed by atoms with E-state index in [0.717, 1.165) is 12.8 Å². The standard InChI is InChI=1S/C12H21N3O4/c1-9(13-18-3)11(14-19-4)12(16)15-7-5-10(17-2)6-8-15/h10H,5-8H2,1-4H3. The molecule has 0 unspecified atom stereocenters. The van der Waals surface area contributed by atoms with Gasteiger partial charge in [-0.15, -0.1) is 0 Å². The molecule has 0 aromatic heterocycles. The number of carbonyl (C=O) groups is 1. The van der Waals surface area contributed by atoms with Gasteiger partial charge < -0.3 is 19.3 Å². The molecule has 0 bridgehead atoms. The summed E-state index contributed by atoms with van der Waals surface area (Å²) >= 11 is 0. The number of amides is 1. The summed E-state index contributed by atoms with van der Waals surface area (Å²) in [5, 5.41) is 7.46. The van der Waals surface area contributed by atoms with Crippen LogP contribution in [0.15, 0.2) is 10.3 Å². The third-order valence-corrected chi connectivity index (χ3v) is 3.02. The van der Waals surface area contributed by atoms with Gasteiger partial charge in [0.25, 0.3) is 5.91 Å². The van der Waals surface area contributed by atoms with Crippen LogP contribution in [0.1, 0.15) is 19.8 Å². The van der Waals surface area contributed by atoms with Crippen LogP contribution in [0.4, 0.5) is 0 Å². The second kappa shape index (κ2) is 7.73. The number of likely N-dealkylation sites (tertiary alicyclic amines) is 1. The van der Waals surface area contributed by atoms with Gasteiger partial charge >= 0.3 is 0 Å². The number of nitrogens with zero attached hydrogens (tertiary/aromatic N) is 3. The average molecular weight is 271 g/mol. The van der Waals surface area contributed by atoms with Crippen LogP contribution in [-0.2, 0) is 19.2 Å². The fourth-order valence-electron chi connectivity index (χ4n) is 1.98. The molecule has 7 nitrogen and oxygen atoms in total. The predicted octanol–water partition coefficient (Wildman–Crippen LogP) is 0.649. The van der Waals surface area contributed by atoms with Crippen molar-refractivity contribution in [3.05, 3.63) is 0 Å². The lowest BCUT2D eigenvalue weighted by atomic mass is 10.1. The van der Waals surface area contributed by atoms with Gasteiger partial charge in [0.1, 0.15) is 19.9 Å². The topological polar surface area (TPSA) is 72.7 Å². The number of methoxy groups -OCH3 is 1. The molecule has 19 heavy (non-hydrogen) atoms. The van der Waals surface area contributed by atoms with Gasteiger partial charge in [0.15, 0.2) is 5.71 Å². The molecule has 1 fully saturated rings. The smallest absolute Gasteiger partial charge is 0.277 e. The minimum atomic E-state index is -0.199. The second-order valence-electron chi connectivity index (χ2n) is 4.21. The monoisotopic (exact) mass is 271 g/mol. The molecule has 1 aliphatic rings. The van der Waals surface area contributed by atoms with Crippen LogP contribution < -0.4 is 0 Å². The first-order valence-corrected chi connectivity index (χ1v) is 6.15. The normalized spacial score (nSPS) is 18.4.